The zero-order valence-corrected chi connectivity index (χ0v) is 12.4. The van der Waals surface area contributed by atoms with Crippen molar-refractivity contribution in [1.29, 1.82) is 0 Å². The molecule has 2 heteroatoms. The minimum absolute atomic E-state index is 0.138. The number of hydrogen-bond acceptors (Lipinski definition) is 2. The fourth-order valence-electron chi connectivity index (χ4n) is 2.72. The van der Waals surface area contributed by atoms with Crippen molar-refractivity contribution in [2.24, 2.45) is 5.92 Å². The van der Waals surface area contributed by atoms with Crippen LogP contribution >= 0.6 is 0 Å². The largest absolute Gasteiger partial charge is 0.395 e. The first-order valence-corrected chi connectivity index (χ1v) is 7.69. The number of aliphatic hydroxyl groups excluding tert-OH is 1. The van der Waals surface area contributed by atoms with E-state index in [4.69, 9.17) is 5.11 Å². The summed E-state index contributed by atoms with van der Waals surface area (Å²) in [5, 5.41) is 8.82. The lowest BCUT2D eigenvalue weighted by atomic mass is 10.0. The van der Waals surface area contributed by atoms with Crippen LogP contribution in [0.5, 0.6) is 0 Å². The van der Waals surface area contributed by atoms with E-state index in [2.05, 4.69) is 41.9 Å². The molecule has 1 saturated heterocycles. The molecular weight excluding hydrogens is 246 g/mol. The van der Waals surface area contributed by atoms with Gasteiger partial charge in [-0.25, -0.2) is 0 Å². The fourth-order valence-corrected chi connectivity index (χ4v) is 2.72. The van der Waals surface area contributed by atoms with Crippen LogP contribution < -0.4 is 0 Å². The zero-order chi connectivity index (χ0) is 14.2. The summed E-state index contributed by atoms with van der Waals surface area (Å²) in [6.45, 7) is 5.88. The number of likely N-dealkylation sites (tertiary alicyclic amines) is 1. The van der Waals surface area contributed by atoms with Crippen molar-refractivity contribution in [3.05, 3.63) is 35.4 Å². The monoisotopic (exact) mass is 271 g/mol. The Morgan fingerprint density at radius 3 is 2.95 bits per heavy atom. The third kappa shape index (κ3) is 4.67. The minimum Gasteiger partial charge on any atom is -0.395 e. The first-order chi connectivity index (χ1) is 9.79. The zero-order valence-electron chi connectivity index (χ0n) is 12.4. The van der Waals surface area contributed by atoms with Gasteiger partial charge >= 0.3 is 0 Å². The van der Waals surface area contributed by atoms with Crippen molar-refractivity contribution in [2.75, 3.05) is 19.7 Å². The molecule has 1 heterocycles. The van der Waals surface area contributed by atoms with Gasteiger partial charge in [-0.1, -0.05) is 37.0 Å². The van der Waals surface area contributed by atoms with Gasteiger partial charge in [0.1, 0.15) is 0 Å². The predicted molar refractivity (Wildman–Crippen MR) is 83.3 cm³/mol. The van der Waals surface area contributed by atoms with E-state index < -0.39 is 0 Å². The molecule has 1 atom stereocenters. The van der Waals surface area contributed by atoms with E-state index in [1.165, 1.54) is 37.9 Å². The van der Waals surface area contributed by atoms with Crippen molar-refractivity contribution in [2.45, 2.75) is 39.2 Å². The Hall–Kier alpha value is -1.30. The van der Waals surface area contributed by atoms with Crippen LogP contribution in [0.15, 0.2) is 24.3 Å². The molecule has 0 bridgehead atoms. The van der Waals surface area contributed by atoms with Gasteiger partial charge in [-0.2, -0.15) is 0 Å². The van der Waals surface area contributed by atoms with Gasteiger partial charge < -0.3 is 5.11 Å². The molecule has 1 N–H and O–H groups in total. The Morgan fingerprint density at radius 2 is 2.10 bits per heavy atom. The number of hydrogen-bond donors (Lipinski definition) is 1. The maximum atomic E-state index is 8.82. The van der Waals surface area contributed by atoms with Crippen molar-refractivity contribution in [1.82, 2.24) is 4.90 Å². The molecule has 0 aromatic heterocycles. The number of nitrogens with zero attached hydrogens (tertiary/aromatic N) is 1. The second-order valence-corrected chi connectivity index (χ2v) is 5.74. The Bertz CT molecular complexity index is 472. The predicted octanol–water partition coefficient (Wildman–Crippen LogP) is 3.04. The van der Waals surface area contributed by atoms with Crippen LogP contribution in [0, 0.1) is 17.8 Å². The third-order valence-corrected chi connectivity index (χ3v) is 3.98. The van der Waals surface area contributed by atoms with Gasteiger partial charge in [0, 0.05) is 18.5 Å². The summed E-state index contributed by atoms with van der Waals surface area (Å²) < 4.78 is 0. The fraction of sp³-hybridized carbons (Fsp3) is 0.556. The molecule has 0 aliphatic carbocycles. The first kappa shape index (κ1) is 15.1. The summed E-state index contributed by atoms with van der Waals surface area (Å²) >= 11 is 0. The second-order valence-electron chi connectivity index (χ2n) is 5.74. The molecule has 1 fully saturated rings. The third-order valence-electron chi connectivity index (χ3n) is 3.98. The van der Waals surface area contributed by atoms with Crippen molar-refractivity contribution in [3.63, 3.8) is 0 Å². The van der Waals surface area contributed by atoms with E-state index in [1.54, 1.807) is 0 Å². The summed E-state index contributed by atoms with van der Waals surface area (Å²) in [7, 11) is 0. The van der Waals surface area contributed by atoms with Crippen LogP contribution in [0.1, 0.15) is 43.7 Å². The molecule has 2 rings (SSSR count). The quantitative estimate of drug-likeness (QED) is 0.854. The highest BCUT2D eigenvalue weighted by Gasteiger charge is 2.14. The van der Waals surface area contributed by atoms with E-state index in [9.17, 15) is 0 Å². The summed E-state index contributed by atoms with van der Waals surface area (Å²) in [5.41, 5.74) is 2.42. The van der Waals surface area contributed by atoms with Crippen molar-refractivity contribution < 1.29 is 5.11 Å². The summed E-state index contributed by atoms with van der Waals surface area (Å²) in [4.78, 5) is 2.55. The van der Waals surface area contributed by atoms with Gasteiger partial charge in [0.05, 0.1) is 6.61 Å². The van der Waals surface area contributed by atoms with Gasteiger partial charge in [0.15, 0.2) is 0 Å². The molecule has 0 radical (unpaired) electrons. The molecule has 1 aliphatic heterocycles. The molecule has 1 aromatic carbocycles. The lowest BCUT2D eigenvalue weighted by molar-refractivity contribution is 0.273. The van der Waals surface area contributed by atoms with Crippen LogP contribution in [-0.4, -0.2) is 29.7 Å². The average Bonchev–Trinajstić information content (AvgIpc) is 2.66. The molecule has 1 unspecified atom stereocenters. The van der Waals surface area contributed by atoms with E-state index in [1.807, 2.05) is 6.07 Å². The first-order valence-electron chi connectivity index (χ1n) is 7.69. The summed E-state index contributed by atoms with van der Waals surface area (Å²) in [5.74, 6) is 7.08. The van der Waals surface area contributed by atoms with Crippen LogP contribution in [0.25, 0.3) is 0 Å². The highest BCUT2D eigenvalue weighted by Crippen LogP contribution is 2.19. The summed E-state index contributed by atoms with van der Waals surface area (Å²) in [6, 6.07) is 8.39. The van der Waals surface area contributed by atoms with E-state index in [0.717, 1.165) is 18.0 Å². The smallest absolute Gasteiger partial charge is 0.0540 e. The van der Waals surface area contributed by atoms with E-state index in [-0.39, 0.29) is 6.61 Å². The van der Waals surface area contributed by atoms with Gasteiger partial charge in [-0.15, -0.1) is 0 Å². The SMILES string of the molecule is CC1CCCN(Cc2ccccc2C#CCCO)CC1. The van der Waals surface area contributed by atoms with E-state index >= 15 is 0 Å². The standard InChI is InChI=1S/C18H25NO/c1-16-7-6-12-19(13-11-16)15-18-10-3-2-8-17(18)9-4-5-14-20/h2-3,8,10,16,20H,5-7,11-15H2,1H3. The summed E-state index contributed by atoms with van der Waals surface area (Å²) in [6.07, 6.45) is 4.52. The normalized spacial score (nSPS) is 20.0. The second kappa shape index (κ2) is 8.09. The minimum atomic E-state index is 0.138. The Labute approximate surface area is 122 Å². The molecule has 1 aliphatic rings. The van der Waals surface area contributed by atoms with Gasteiger partial charge in [0.25, 0.3) is 0 Å². The number of rotatable bonds is 3. The van der Waals surface area contributed by atoms with Gasteiger partial charge in [0.2, 0.25) is 0 Å². The molecule has 20 heavy (non-hydrogen) atoms. The number of benzene rings is 1. The molecule has 2 nitrogen and oxygen atoms in total. The highest BCUT2D eigenvalue weighted by atomic mass is 16.2. The van der Waals surface area contributed by atoms with E-state index in [0.29, 0.717) is 6.42 Å². The van der Waals surface area contributed by atoms with Gasteiger partial charge in [-0.3, -0.25) is 4.90 Å². The van der Waals surface area contributed by atoms with Crippen LogP contribution in [0.3, 0.4) is 0 Å². The number of aliphatic hydroxyl groups is 1. The molecule has 1 aromatic rings. The highest BCUT2D eigenvalue weighted by molar-refractivity contribution is 5.41. The van der Waals surface area contributed by atoms with Crippen molar-refractivity contribution in [3.8, 4) is 11.8 Å². The lowest BCUT2D eigenvalue weighted by Gasteiger charge is -2.20. The molecule has 0 saturated carbocycles. The Morgan fingerprint density at radius 1 is 1.25 bits per heavy atom. The molecular formula is C18H25NO. The molecule has 0 spiro atoms. The lowest BCUT2D eigenvalue weighted by Crippen LogP contribution is -2.24. The van der Waals surface area contributed by atoms with Crippen LogP contribution in [0.4, 0.5) is 0 Å². The molecule has 0 amide bonds. The maximum Gasteiger partial charge on any atom is 0.0540 e. The Balaban J connectivity index is 2.03. The Kier molecular flexibility index (Phi) is 6.11. The van der Waals surface area contributed by atoms with Crippen molar-refractivity contribution >= 4 is 0 Å². The maximum absolute atomic E-state index is 8.82. The topological polar surface area (TPSA) is 23.5 Å². The van der Waals surface area contributed by atoms with Crippen LogP contribution in [0.2, 0.25) is 0 Å². The average molecular weight is 271 g/mol. The van der Waals surface area contributed by atoms with Gasteiger partial charge in [-0.05, 0) is 49.9 Å². The molecule has 108 valence electrons. The van der Waals surface area contributed by atoms with Crippen LogP contribution in [-0.2, 0) is 6.54 Å².